The van der Waals surface area contributed by atoms with Crippen LogP contribution in [-0.2, 0) is 25.0 Å². The molecule has 0 spiro atoms. The van der Waals surface area contributed by atoms with E-state index in [-0.39, 0.29) is 30.4 Å². The SMILES string of the molecule is CCOP(=O)(OCC)C(OCc1ccccc1)C(=O)c1ccccc1Cl. The second kappa shape index (κ2) is 10.0. The first-order valence-electron chi connectivity index (χ1n) is 8.35. The lowest BCUT2D eigenvalue weighted by atomic mass is 10.1. The van der Waals surface area contributed by atoms with E-state index in [1.54, 1.807) is 38.1 Å². The molecule has 1 atom stereocenters. The molecule has 0 heterocycles. The molecule has 5 nitrogen and oxygen atoms in total. The molecule has 0 fully saturated rings. The topological polar surface area (TPSA) is 61.8 Å². The Morgan fingerprint density at radius 2 is 1.58 bits per heavy atom. The van der Waals surface area contributed by atoms with Crippen molar-refractivity contribution < 1.29 is 23.1 Å². The number of hydrogen-bond donors (Lipinski definition) is 0. The maximum absolute atomic E-state index is 13.2. The Balaban J connectivity index is 2.35. The fourth-order valence-electron chi connectivity index (χ4n) is 2.39. The van der Waals surface area contributed by atoms with Gasteiger partial charge in [-0.05, 0) is 31.5 Å². The zero-order valence-electron chi connectivity index (χ0n) is 14.8. The maximum Gasteiger partial charge on any atom is 0.367 e. The van der Waals surface area contributed by atoms with Gasteiger partial charge in [0.05, 0.1) is 24.8 Å². The summed E-state index contributed by atoms with van der Waals surface area (Å²) in [4.78, 5) is 13.0. The van der Waals surface area contributed by atoms with E-state index in [0.29, 0.717) is 0 Å². The van der Waals surface area contributed by atoms with Crippen molar-refractivity contribution in [1.82, 2.24) is 0 Å². The minimum absolute atomic E-state index is 0.0891. The van der Waals surface area contributed by atoms with Crippen LogP contribution >= 0.6 is 19.2 Å². The normalized spacial score (nSPS) is 12.7. The largest absolute Gasteiger partial charge is 0.367 e. The number of hydrogen-bond acceptors (Lipinski definition) is 5. The van der Waals surface area contributed by atoms with E-state index in [2.05, 4.69) is 0 Å². The molecule has 0 saturated carbocycles. The molecule has 0 N–H and O–H groups in total. The molecular formula is C19H22ClO5P. The molecule has 0 aliphatic carbocycles. The summed E-state index contributed by atoms with van der Waals surface area (Å²) in [5, 5.41) is 0.255. The Bertz CT molecular complexity index is 756. The molecular weight excluding hydrogens is 375 g/mol. The van der Waals surface area contributed by atoms with Crippen LogP contribution in [0.1, 0.15) is 29.8 Å². The minimum atomic E-state index is -3.84. The number of carbonyl (C=O) groups excluding carboxylic acids is 1. The van der Waals surface area contributed by atoms with Crippen LogP contribution in [0.15, 0.2) is 54.6 Å². The Kier molecular flexibility index (Phi) is 8.01. The average Bonchev–Trinajstić information content (AvgIpc) is 2.63. The molecule has 2 aromatic rings. The fraction of sp³-hybridized carbons (Fsp3) is 0.316. The summed E-state index contributed by atoms with van der Waals surface area (Å²) < 4.78 is 29.7. The predicted octanol–water partition coefficient (Wildman–Crippen LogP) is 5.33. The van der Waals surface area contributed by atoms with Crippen molar-refractivity contribution in [3.63, 3.8) is 0 Å². The van der Waals surface area contributed by atoms with Gasteiger partial charge in [-0.15, -0.1) is 0 Å². The number of halogens is 1. The minimum Gasteiger partial charge on any atom is -0.353 e. The molecule has 1 unspecified atom stereocenters. The summed E-state index contributed by atoms with van der Waals surface area (Å²) in [6.45, 7) is 3.70. The van der Waals surface area contributed by atoms with Gasteiger partial charge in [0, 0.05) is 5.56 Å². The van der Waals surface area contributed by atoms with E-state index in [4.69, 9.17) is 25.4 Å². The highest BCUT2D eigenvalue weighted by Crippen LogP contribution is 2.54. The van der Waals surface area contributed by atoms with Crippen molar-refractivity contribution in [3.8, 4) is 0 Å². The third-order valence-corrected chi connectivity index (χ3v) is 6.04. The quantitative estimate of drug-likeness (QED) is 0.401. The lowest BCUT2D eigenvalue weighted by Gasteiger charge is -2.25. The Hall–Kier alpha value is -1.49. The van der Waals surface area contributed by atoms with Crippen LogP contribution in [0.5, 0.6) is 0 Å². The molecule has 0 aliphatic rings. The zero-order chi connectivity index (χ0) is 19.0. The van der Waals surface area contributed by atoms with Gasteiger partial charge in [0.2, 0.25) is 11.6 Å². The van der Waals surface area contributed by atoms with Crippen molar-refractivity contribution in [2.45, 2.75) is 26.3 Å². The summed E-state index contributed by atoms with van der Waals surface area (Å²) in [6.07, 6.45) is 0. The molecule has 0 aliphatic heterocycles. The highest BCUT2D eigenvalue weighted by molar-refractivity contribution is 7.55. The van der Waals surface area contributed by atoms with Crippen LogP contribution in [0.25, 0.3) is 0 Å². The summed E-state index contributed by atoms with van der Waals surface area (Å²) in [5.41, 5.74) is 1.05. The Labute approximate surface area is 158 Å². The van der Waals surface area contributed by atoms with Gasteiger partial charge in [-0.3, -0.25) is 9.36 Å². The summed E-state index contributed by atoms with van der Waals surface area (Å²) in [7, 11) is -3.84. The van der Waals surface area contributed by atoms with E-state index >= 15 is 0 Å². The molecule has 2 aromatic carbocycles. The Morgan fingerprint density at radius 1 is 1.00 bits per heavy atom. The van der Waals surface area contributed by atoms with Crippen LogP contribution in [0.4, 0.5) is 0 Å². The highest BCUT2D eigenvalue weighted by Gasteiger charge is 2.43. The van der Waals surface area contributed by atoms with Crippen LogP contribution in [-0.4, -0.2) is 24.8 Å². The number of ketones is 1. The molecule has 0 bridgehead atoms. The summed E-state index contributed by atoms with van der Waals surface area (Å²) >= 11 is 6.14. The van der Waals surface area contributed by atoms with Crippen LogP contribution < -0.4 is 0 Å². The van der Waals surface area contributed by atoms with Gasteiger partial charge >= 0.3 is 7.60 Å². The van der Waals surface area contributed by atoms with Gasteiger partial charge in [0.15, 0.2) is 0 Å². The van der Waals surface area contributed by atoms with E-state index in [1.807, 2.05) is 30.3 Å². The third-order valence-electron chi connectivity index (χ3n) is 3.52. The molecule has 0 radical (unpaired) electrons. The second-order valence-electron chi connectivity index (χ2n) is 5.37. The summed E-state index contributed by atoms with van der Waals surface area (Å²) in [6, 6.07) is 15.8. The monoisotopic (exact) mass is 396 g/mol. The molecule has 0 aromatic heterocycles. The molecule has 2 rings (SSSR count). The van der Waals surface area contributed by atoms with Gasteiger partial charge in [0.1, 0.15) is 0 Å². The van der Waals surface area contributed by atoms with E-state index in [1.165, 1.54) is 0 Å². The Morgan fingerprint density at radius 3 is 2.15 bits per heavy atom. The third kappa shape index (κ3) is 5.26. The van der Waals surface area contributed by atoms with E-state index < -0.39 is 19.2 Å². The maximum atomic E-state index is 13.2. The van der Waals surface area contributed by atoms with Crippen molar-refractivity contribution in [2.24, 2.45) is 0 Å². The van der Waals surface area contributed by atoms with Gasteiger partial charge in [0.25, 0.3) is 0 Å². The lowest BCUT2D eigenvalue weighted by molar-refractivity contribution is 0.0464. The van der Waals surface area contributed by atoms with Crippen LogP contribution in [0.3, 0.4) is 0 Å². The number of ether oxygens (including phenoxy) is 1. The smallest absolute Gasteiger partial charge is 0.353 e. The zero-order valence-corrected chi connectivity index (χ0v) is 16.4. The first-order chi connectivity index (χ1) is 12.5. The number of rotatable bonds is 10. The highest BCUT2D eigenvalue weighted by atomic mass is 35.5. The fourth-order valence-corrected chi connectivity index (χ4v) is 4.36. The lowest BCUT2D eigenvalue weighted by Crippen LogP contribution is -2.27. The molecule has 0 amide bonds. The van der Waals surface area contributed by atoms with Gasteiger partial charge in [-0.1, -0.05) is 54.1 Å². The van der Waals surface area contributed by atoms with Gasteiger partial charge < -0.3 is 13.8 Å². The van der Waals surface area contributed by atoms with Gasteiger partial charge in [-0.2, -0.15) is 0 Å². The predicted molar refractivity (Wildman–Crippen MR) is 102 cm³/mol. The van der Waals surface area contributed by atoms with E-state index in [9.17, 15) is 9.36 Å². The molecule has 140 valence electrons. The first kappa shape index (κ1) is 20.8. The van der Waals surface area contributed by atoms with Crippen LogP contribution in [0.2, 0.25) is 5.02 Å². The second-order valence-corrected chi connectivity index (χ2v) is 7.84. The van der Waals surface area contributed by atoms with Crippen molar-refractivity contribution >= 4 is 25.0 Å². The van der Waals surface area contributed by atoms with Crippen LogP contribution in [0, 0.1) is 0 Å². The van der Waals surface area contributed by atoms with Crippen molar-refractivity contribution in [3.05, 3.63) is 70.7 Å². The number of benzene rings is 2. The molecule has 0 saturated heterocycles. The average molecular weight is 397 g/mol. The van der Waals surface area contributed by atoms with Crippen molar-refractivity contribution in [1.29, 1.82) is 0 Å². The standard InChI is InChI=1S/C19H22ClO5P/c1-3-24-26(22,25-4-2)19(23-14-15-10-6-5-7-11-15)18(21)16-12-8-9-13-17(16)20/h5-13,19H,3-4,14H2,1-2H3. The molecule has 7 heteroatoms. The van der Waals surface area contributed by atoms with Crippen molar-refractivity contribution in [2.75, 3.05) is 13.2 Å². The molecule has 26 heavy (non-hydrogen) atoms. The van der Waals surface area contributed by atoms with Gasteiger partial charge in [-0.25, -0.2) is 0 Å². The number of carbonyl (C=O) groups is 1. The summed E-state index contributed by atoms with van der Waals surface area (Å²) in [5.74, 6) is -1.93. The first-order valence-corrected chi connectivity index (χ1v) is 10.3. The van der Waals surface area contributed by atoms with E-state index in [0.717, 1.165) is 5.56 Å². The number of Topliss-reactive ketones (excluding diaryl/α,β-unsaturated/α-hetero) is 1.